The summed E-state index contributed by atoms with van der Waals surface area (Å²) in [6.45, 7) is 6.56. The van der Waals surface area contributed by atoms with Gasteiger partial charge in [0.15, 0.2) is 0 Å². The molecule has 20 heavy (non-hydrogen) atoms. The van der Waals surface area contributed by atoms with Crippen LogP contribution in [0.3, 0.4) is 0 Å². The van der Waals surface area contributed by atoms with E-state index in [2.05, 4.69) is 4.98 Å². The van der Waals surface area contributed by atoms with Crippen molar-refractivity contribution in [3.8, 4) is 0 Å². The van der Waals surface area contributed by atoms with E-state index in [1.165, 1.54) is 0 Å². The lowest BCUT2D eigenvalue weighted by atomic mass is 10.2. The number of alkyl halides is 1. The second-order valence-electron chi connectivity index (χ2n) is 5.00. The minimum Gasteiger partial charge on any atom is -0.344 e. The van der Waals surface area contributed by atoms with Crippen molar-refractivity contribution in [2.24, 2.45) is 0 Å². The standard InChI is InChI=1S/C15H20ClN3O/c1-5-18(4)15(20)11(3)19-12-8-6-7-10(2)14(12)17-13(19)9-16/h6-8,11H,5,9H2,1-4H3. The SMILES string of the molecule is CCN(C)C(=O)C(C)n1c(CCl)nc2c(C)cccc21. The van der Waals surface area contributed by atoms with E-state index in [1.807, 2.05) is 50.6 Å². The summed E-state index contributed by atoms with van der Waals surface area (Å²) >= 11 is 6.01. The zero-order valence-corrected chi connectivity index (χ0v) is 13.1. The van der Waals surface area contributed by atoms with Gasteiger partial charge >= 0.3 is 0 Å². The number of halogens is 1. The van der Waals surface area contributed by atoms with Gasteiger partial charge in [-0.2, -0.15) is 0 Å². The first-order valence-corrected chi connectivity index (χ1v) is 7.32. The summed E-state index contributed by atoms with van der Waals surface area (Å²) in [4.78, 5) is 18.7. The summed E-state index contributed by atoms with van der Waals surface area (Å²) in [5.74, 6) is 1.10. The molecule has 108 valence electrons. The second kappa shape index (κ2) is 5.83. The largest absolute Gasteiger partial charge is 0.344 e. The Kier molecular flexibility index (Phi) is 4.33. The van der Waals surface area contributed by atoms with Crippen molar-refractivity contribution >= 4 is 28.5 Å². The van der Waals surface area contributed by atoms with E-state index in [1.54, 1.807) is 4.90 Å². The maximum absolute atomic E-state index is 12.4. The highest BCUT2D eigenvalue weighted by Crippen LogP contribution is 2.25. The van der Waals surface area contributed by atoms with E-state index in [-0.39, 0.29) is 11.9 Å². The summed E-state index contributed by atoms with van der Waals surface area (Å²) in [6.07, 6.45) is 0. The molecule has 0 saturated carbocycles. The Hall–Kier alpha value is -1.55. The van der Waals surface area contributed by atoms with E-state index in [9.17, 15) is 4.79 Å². The van der Waals surface area contributed by atoms with Gasteiger partial charge in [-0.05, 0) is 32.4 Å². The molecule has 1 atom stereocenters. The number of hydrogen-bond acceptors (Lipinski definition) is 2. The maximum atomic E-state index is 12.4. The van der Waals surface area contributed by atoms with Gasteiger partial charge in [0.1, 0.15) is 11.9 Å². The van der Waals surface area contributed by atoms with Gasteiger partial charge in [-0.15, -0.1) is 11.6 Å². The van der Waals surface area contributed by atoms with E-state index in [4.69, 9.17) is 11.6 Å². The molecule has 4 nitrogen and oxygen atoms in total. The van der Waals surface area contributed by atoms with Crippen molar-refractivity contribution in [1.29, 1.82) is 0 Å². The smallest absolute Gasteiger partial charge is 0.245 e. The van der Waals surface area contributed by atoms with Crippen molar-refractivity contribution < 1.29 is 4.79 Å². The van der Waals surface area contributed by atoms with Crippen molar-refractivity contribution in [3.05, 3.63) is 29.6 Å². The van der Waals surface area contributed by atoms with E-state index in [0.717, 1.165) is 22.4 Å². The quantitative estimate of drug-likeness (QED) is 0.812. The third-order valence-corrected chi connectivity index (χ3v) is 3.95. The Labute approximate surface area is 124 Å². The first-order valence-electron chi connectivity index (χ1n) is 6.78. The monoisotopic (exact) mass is 293 g/mol. The number of carbonyl (C=O) groups excluding carboxylic acids is 1. The number of imidazole rings is 1. The number of fused-ring (bicyclic) bond motifs is 1. The lowest BCUT2D eigenvalue weighted by Crippen LogP contribution is -2.33. The van der Waals surface area contributed by atoms with Crippen molar-refractivity contribution in [2.45, 2.75) is 32.7 Å². The first-order chi connectivity index (χ1) is 9.51. The number of benzene rings is 1. The third kappa shape index (κ3) is 2.40. The Bertz CT molecular complexity index is 635. The molecule has 0 aliphatic rings. The molecule has 1 aromatic heterocycles. The van der Waals surface area contributed by atoms with Crippen LogP contribution in [0, 0.1) is 6.92 Å². The fraction of sp³-hybridized carbons (Fsp3) is 0.467. The third-order valence-electron chi connectivity index (χ3n) is 3.71. The number of para-hydroxylation sites is 1. The predicted molar refractivity (Wildman–Crippen MR) is 82.0 cm³/mol. The molecule has 0 aliphatic carbocycles. The Morgan fingerprint density at radius 3 is 2.80 bits per heavy atom. The molecule has 2 aromatic rings. The number of carbonyl (C=O) groups is 1. The number of likely N-dealkylation sites (N-methyl/N-ethyl adjacent to an activating group) is 1. The fourth-order valence-electron chi connectivity index (χ4n) is 2.42. The Morgan fingerprint density at radius 2 is 2.20 bits per heavy atom. The zero-order chi connectivity index (χ0) is 14.9. The van der Waals surface area contributed by atoms with E-state index < -0.39 is 0 Å². The molecule has 0 saturated heterocycles. The number of nitrogens with zero attached hydrogens (tertiary/aromatic N) is 3. The first kappa shape index (κ1) is 14.9. The topological polar surface area (TPSA) is 38.1 Å². The number of aromatic nitrogens is 2. The van der Waals surface area contributed by atoms with Gasteiger partial charge in [0.2, 0.25) is 5.91 Å². The van der Waals surface area contributed by atoms with Gasteiger partial charge in [0, 0.05) is 13.6 Å². The van der Waals surface area contributed by atoms with Gasteiger partial charge in [-0.1, -0.05) is 12.1 Å². The zero-order valence-electron chi connectivity index (χ0n) is 12.4. The molecule has 2 rings (SSSR count). The van der Waals surface area contributed by atoms with Crippen molar-refractivity contribution in [2.75, 3.05) is 13.6 Å². The maximum Gasteiger partial charge on any atom is 0.245 e. The van der Waals surface area contributed by atoms with Crippen LogP contribution in [0.25, 0.3) is 11.0 Å². The second-order valence-corrected chi connectivity index (χ2v) is 5.27. The molecule has 1 amide bonds. The molecule has 1 aromatic carbocycles. The average Bonchev–Trinajstić information content (AvgIpc) is 2.84. The molecule has 0 bridgehead atoms. The molecule has 0 N–H and O–H groups in total. The van der Waals surface area contributed by atoms with Gasteiger partial charge in [-0.3, -0.25) is 4.79 Å². The van der Waals surface area contributed by atoms with Crippen LogP contribution in [-0.4, -0.2) is 34.0 Å². The van der Waals surface area contributed by atoms with Crippen molar-refractivity contribution in [1.82, 2.24) is 14.5 Å². The summed E-state index contributed by atoms with van der Waals surface area (Å²) in [5, 5.41) is 0. The lowest BCUT2D eigenvalue weighted by Gasteiger charge is -2.22. The van der Waals surface area contributed by atoms with Crippen LogP contribution >= 0.6 is 11.6 Å². The minimum absolute atomic E-state index is 0.0691. The molecule has 0 spiro atoms. The number of hydrogen-bond donors (Lipinski definition) is 0. The Balaban J connectivity index is 2.58. The normalized spacial score (nSPS) is 12.7. The predicted octanol–water partition coefficient (Wildman–Crippen LogP) is 3.12. The van der Waals surface area contributed by atoms with Gasteiger partial charge in [-0.25, -0.2) is 4.98 Å². The molecular formula is C15H20ClN3O. The Morgan fingerprint density at radius 1 is 1.50 bits per heavy atom. The van der Waals surface area contributed by atoms with E-state index in [0.29, 0.717) is 12.4 Å². The highest BCUT2D eigenvalue weighted by molar-refractivity contribution is 6.17. The number of aryl methyl sites for hydroxylation is 1. The van der Waals surface area contributed by atoms with Crippen LogP contribution in [-0.2, 0) is 10.7 Å². The fourth-order valence-corrected chi connectivity index (χ4v) is 2.61. The van der Waals surface area contributed by atoms with Gasteiger partial charge < -0.3 is 9.47 Å². The molecule has 0 radical (unpaired) electrons. The lowest BCUT2D eigenvalue weighted by molar-refractivity contribution is -0.132. The summed E-state index contributed by atoms with van der Waals surface area (Å²) in [7, 11) is 1.81. The van der Waals surface area contributed by atoms with Crippen LogP contribution in [0.15, 0.2) is 18.2 Å². The average molecular weight is 294 g/mol. The molecule has 0 fully saturated rings. The number of rotatable bonds is 4. The molecule has 1 unspecified atom stereocenters. The highest BCUT2D eigenvalue weighted by Gasteiger charge is 2.23. The van der Waals surface area contributed by atoms with Crippen LogP contribution in [0.2, 0.25) is 0 Å². The summed E-state index contributed by atoms with van der Waals surface area (Å²) in [5.41, 5.74) is 2.98. The molecular weight excluding hydrogens is 274 g/mol. The van der Waals surface area contributed by atoms with Gasteiger partial charge in [0.25, 0.3) is 0 Å². The van der Waals surface area contributed by atoms with Crippen LogP contribution < -0.4 is 0 Å². The highest BCUT2D eigenvalue weighted by atomic mass is 35.5. The van der Waals surface area contributed by atoms with Gasteiger partial charge in [0.05, 0.1) is 16.9 Å². The molecule has 0 aliphatic heterocycles. The van der Waals surface area contributed by atoms with Crippen LogP contribution in [0.4, 0.5) is 0 Å². The van der Waals surface area contributed by atoms with Crippen LogP contribution in [0.5, 0.6) is 0 Å². The summed E-state index contributed by atoms with van der Waals surface area (Å²) in [6, 6.07) is 5.68. The molecule has 1 heterocycles. The van der Waals surface area contributed by atoms with Crippen molar-refractivity contribution in [3.63, 3.8) is 0 Å². The minimum atomic E-state index is -0.305. The number of amides is 1. The molecule has 5 heteroatoms. The van der Waals surface area contributed by atoms with E-state index >= 15 is 0 Å². The summed E-state index contributed by atoms with van der Waals surface area (Å²) < 4.78 is 1.95. The van der Waals surface area contributed by atoms with Crippen LogP contribution in [0.1, 0.15) is 31.3 Å².